The molecule has 0 aliphatic heterocycles. The van der Waals surface area contributed by atoms with Gasteiger partial charge in [-0.2, -0.15) is 0 Å². The van der Waals surface area contributed by atoms with Crippen LogP contribution >= 0.6 is 0 Å². The van der Waals surface area contributed by atoms with E-state index in [0.29, 0.717) is 16.8 Å². The molecule has 0 spiro atoms. The van der Waals surface area contributed by atoms with Crippen molar-refractivity contribution in [2.75, 3.05) is 24.6 Å². The van der Waals surface area contributed by atoms with Gasteiger partial charge in [-0.25, -0.2) is 0 Å². The number of rotatable bonds is 9. The van der Waals surface area contributed by atoms with Crippen molar-refractivity contribution in [3.8, 4) is 11.1 Å². The van der Waals surface area contributed by atoms with Crippen molar-refractivity contribution in [1.29, 1.82) is 0 Å². The molecule has 5 nitrogen and oxygen atoms in total. The van der Waals surface area contributed by atoms with Crippen LogP contribution in [0.2, 0.25) is 0 Å². The van der Waals surface area contributed by atoms with Crippen molar-refractivity contribution >= 4 is 23.4 Å². The van der Waals surface area contributed by atoms with Gasteiger partial charge in [0.05, 0.1) is 11.4 Å². The zero-order valence-electron chi connectivity index (χ0n) is 22.2. The number of amides is 1. The first-order chi connectivity index (χ1) is 17.8. The second-order valence-electron chi connectivity index (χ2n) is 10.7. The number of benzene rings is 2. The number of pyridine rings is 1. The van der Waals surface area contributed by atoms with Crippen molar-refractivity contribution in [3.05, 3.63) is 96.3 Å². The van der Waals surface area contributed by atoms with Crippen LogP contribution in [-0.2, 0) is 11.3 Å². The van der Waals surface area contributed by atoms with Crippen molar-refractivity contribution in [2.24, 2.45) is 11.3 Å². The molecule has 1 saturated carbocycles. The summed E-state index contributed by atoms with van der Waals surface area (Å²) in [4.78, 5) is 19.1. The van der Waals surface area contributed by atoms with E-state index >= 15 is 0 Å². The van der Waals surface area contributed by atoms with Gasteiger partial charge in [0.15, 0.2) is 0 Å². The summed E-state index contributed by atoms with van der Waals surface area (Å²) >= 11 is 0. The highest BCUT2D eigenvalue weighted by atomic mass is 16.1. The predicted molar refractivity (Wildman–Crippen MR) is 155 cm³/mol. The molecule has 3 aromatic rings. The van der Waals surface area contributed by atoms with Gasteiger partial charge in [0.2, 0.25) is 5.91 Å². The van der Waals surface area contributed by atoms with Crippen LogP contribution in [-0.4, -0.2) is 29.4 Å². The number of nitrogen functional groups attached to an aromatic ring is 1. The van der Waals surface area contributed by atoms with E-state index in [1.165, 1.54) is 17.6 Å². The molecule has 3 N–H and O–H groups in total. The van der Waals surface area contributed by atoms with Gasteiger partial charge in [0.1, 0.15) is 0 Å². The Balaban J connectivity index is 1.33. The van der Waals surface area contributed by atoms with Gasteiger partial charge in [-0.15, -0.1) is 0 Å². The van der Waals surface area contributed by atoms with Gasteiger partial charge >= 0.3 is 0 Å². The Kier molecular flexibility index (Phi) is 8.24. The molecule has 0 radical (unpaired) electrons. The molecule has 5 heteroatoms. The molecule has 1 aromatic heterocycles. The lowest BCUT2D eigenvalue weighted by atomic mass is 9.78. The number of hydrogen-bond donors (Lipinski definition) is 2. The van der Waals surface area contributed by atoms with E-state index in [0.717, 1.165) is 48.5 Å². The molecule has 2 atom stereocenters. The monoisotopic (exact) mass is 494 g/mol. The SMILES string of the molecule is C=C1CC(CC)C(C)(CN(C)Cc2ccc(/C=C/C(=O)Nc3cc(-c4ccncc4)ccc3N)cc2)C1. The van der Waals surface area contributed by atoms with Crippen LogP contribution in [0.5, 0.6) is 0 Å². The molecule has 192 valence electrons. The number of allylic oxidation sites excluding steroid dienone is 1. The third-order valence-electron chi connectivity index (χ3n) is 7.48. The summed E-state index contributed by atoms with van der Waals surface area (Å²) in [6.45, 7) is 10.9. The summed E-state index contributed by atoms with van der Waals surface area (Å²) in [6.07, 6.45) is 10.3. The van der Waals surface area contributed by atoms with Crippen molar-refractivity contribution in [2.45, 2.75) is 39.7 Å². The van der Waals surface area contributed by atoms with Crippen molar-refractivity contribution in [1.82, 2.24) is 9.88 Å². The number of anilines is 2. The Morgan fingerprint density at radius 1 is 1.16 bits per heavy atom. The second-order valence-corrected chi connectivity index (χ2v) is 10.7. The van der Waals surface area contributed by atoms with E-state index < -0.39 is 0 Å². The summed E-state index contributed by atoms with van der Waals surface area (Å²) < 4.78 is 0. The van der Waals surface area contributed by atoms with E-state index in [1.54, 1.807) is 24.5 Å². The van der Waals surface area contributed by atoms with Gasteiger partial charge in [-0.05, 0) is 83.8 Å². The molecule has 1 fully saturated rings. The second kappa shape index (κ2) is 11.6. The zero-order chi connectivity index (χ0) is 26.4. The zero-order valence-corrected chi connectivity index (χ0v) is 22.2. The molecule has 4 rings (SSSR count). The number of nitrogens with two attached hydrogens (primary N) is 1. The van der Waals surface area contributed by atoms with E-state index in [1.807, 2.05) is 30.3 Å². The summed E-state index contributed by atoms with van der Waals surface area (Å²) in [5, 5.41) is 2.90. The van der Waals surface area contributed by atoms with Crippen LogP contribution in [0.15, 0.2) is 85.2 Å². The minimum atomic E-state index is -0.223. The number of nitrogens with zero attached hydrogens (tertiary/aromatic N) is 2. The van der Waals surface area contributed by atoms with Crippen LogP contribution in [0, 0.1) is 11.3 Å². The van der Waals surface area contributed by atoms with E-state index in [9.17, 15) is 4.79 Å². The fourth-order valence-electron chi connectivity index (χ4n) is 5.66. The van der Waals surface area contributed by atoms with Crippen LogP contribution in [0.3, 0.4) is 0 Å². The van der Waals surface area contributed by atoms with Crippen LogP contribution in [0.4, 0.5) is 11.4 Å². The maximum atomic E-state index is 12.6. The fraction of sp³-hybridized carbons (Fsp3) is 0.312. The first-order valence-corrected chi connectivity index (χ1v) is 13.0. The Morgan fingerprint density at radius 2 is 1.89 bits per heavy atom. The Labute approximate surface area is 221 Å². The Hall–Kier alpha value is -3.70. The molecule has 2 aromatic carbocycles. The smallest absolute Gasteiger partial charge is 0.248 e. The normalized spacial score (nSPS) is 19.6. The highest BCUT2D eigenvalue weighted by Crippen LogP contribution is 2.47. The summed E-state index contributed by atoms with van der Waals surface area (Å²) in [7, 11) is 2.20. The predicted octanol–water partition coefficient (Wildman–Crippen LogP) is 6.80. The fourth-order valence-corrected chi connectivity index (χ4v) is 5.66. The molecule has 2 unspecified atom stereocenters. The topological polar surface area (TPSA) is 71.2 Å². The number of carbonyl (C=O) groups is 1. The number of hydrogen-bond acceptors (Lipinski definition) is 4. The molecule has 0 saturated heterocycles. The van der Waals surface area contributed by atoms with E-state index in [4.69, 9.17) is 5.73 Å². The number of aromatic nitrogens is 1. The highest BCUT2D eigenvalue weighted by Gasteiger charge is 2.39. The van der Waals surface area contributed by atoms with E-state index in [-0.39, 0.29) is 5.91 Å². The molecule has 1 aliphatic rings. The standard InChI is InChI=1S/C32H38N4O/c1-5-28-18-23(2)20-32(28,3)22-36(4)21-25-8-6-24(7-9-25)10-13-31(37)35-30-19-27(11-12-29(30)33)26-14-16-34-17-15-26/h6-17,19,28H,2,5,18,20-22,33H2,1,3-4H3,(H,35,37)/b13-10+. The van der Waals surface area contributed by atoms with Gasteiger partial charge < -0.3 is 16.0 Å². The Morgan fingerprint density at radius 3 is 2.59 bits per heavy atom. The number of carbonyl (C=O) groups excluding carboxylic acids is 1. The molecule has 1 aliphatic carbocycles. The maximum absolute atomic E-state index is 12.6. The van der Waals surface area contributed by atoms with Gasteiger partial charge in [-0.3, -0.25) is 9.78 Å². The first-order valence-electron chi connectivity index (χ1n) is 13.0. The van der Waals surface area contributed by atoms with Crippen molar-refractivity contribution in [3.63, 3.8) is 0 Å². The average molecular weight is 495 g/mol. The lowest BCUT2D eigenvalue weighted by Crippen LogP contribution is -2.35. The maximum Gasteiger partial charge on any atom is 0.248 e. The minimum absolute atomic E-state index is 0.223. The molecule has 0 bridgehead atoms. The van der Waals surface area contributed by atoms with Gasteiger partial charge in [0.25, 0.3) is 0 Å². The largest absolute Gasteiger partial charge is 0.397 e. The third kappa shape index (κ3) is 6.75. The lowest BCUT2D eigenvalue weighted by molar-refractivity contribution is -0.111. The molecular weight excluding hydrogens is 456 g/mol. The molecular formula is C32H38N4O. The quantitative estimate of drug-likeness (QED) is 0.195. The van der Waals surface area contributed by atoms with Crippen LogP contribution in [0.1, 0.15) is 44.2 Å². The van der Waals surface area contributed by atoms with Gasteiger partial charge in [0, 0.05) is 31.6 Å². The van der Waals surface area contributed by atoms with Crippen molar-refractivity contribution < 1.29 is 4.79 Å². The van der Waals surface area contributed by atoms with Crippen LogP contribution < -0.4 is 11.1 Å². The van der Waals surface area contributed by atoms with E-state index in [2.05, 4.69) is 66.9 Å². The molecule has 37 heavy (non-hydrogen) atoms. The average Bonchev–Trinajstić information content (AvgIpc) is 3.17. The lowest BCUT2D eigenvalue weighted by Gasteiger charge is -2.35. The van der Waals surface area contributed by atoms with Gasteiger partial charge in [-0.1, -0.05) is 62.8 Å². The summed E-state index contributed by atoms with van der Waals surface area (Å²) in [5.74, 6) is 0.494. The summed E-state index contributed by atoms with van der Waals surface area (Å²) in [5.41, 5.74) is 13.1. The third-order valence-corrected chi connectivity index (χ3v) is 7.48. The number of nitrogens with one attached hydrogen (secondary N) is 1. The highest BCUT2D eigenvalue weighted by molar-refractivity contribution is 6.04. The Bertz CT molecular complexity index is 1270. The molecule has 1 heterocycles. The first kappa shape index (κ1) is 26.4. The summed E-state index contributed by atoms with van der Waals surface area (Å²) in [6, 6.07) is 17.8. The minimum Gasteiger partial charge on any atom is -0.397 e. The molecule has 1 amide bonds. The van der Waals surface area contributed by atoms with Crippen LogP contribution in [0.25, 0.3) is 17.2 Å².